The second-order valence-electron chi connectivity index (χ2n) is 4.70. The number of nitrogens with zero attached hydrogens (tertiary/aromatic N) is 4. The molecule has 8 nitrogen and oxygen atoms in total. The molecule has 9 heteroatoms. The first-order chi connectivity index (χ1) is 9.54. The molecule has 2 unspecified atom stereocenters. The van der Waals surface area contributed by atoms with Crippen LogP contribution in [0.1, 0.15) is 6.92 Å². The van der Waals surface area contributed by atoms with Crippen molar-refractivity contribution in [3.05, 3.63) is 0 Å². The molecule has 0 spiro atoms. The van der Waals surface area contributed by atoms with Gasteiger partial charge in [-0.15, -0.1) is 0 Å². The Bertz CT molecular complexity index is 480. The molecule has 2 atom stereocenters. The van der Waals surface area contributed by atoms with Gasteiger partial charge in [0.2, 0.25) is 17.8 Å². The van der Waals surface area contributed by atoms with Gasteiger partial charge in [-0.1, -0.05) is 0 Å². The normalized spacial score (nSPS) is 18.6. The van der Waals surface area contributed by atoms with E-state index < -0.39 is 10.8 Å². The van der Waals surface area contributed by atoms with Crippen LogP contribution in [0.3, 0.4) is 0 Å². The lowest BCUT2D eigenvalue weighted by atomic mass is 10.4. The number of nitrogen functional groups attached to an aromatic ring is 1. The minimum absolute atomic E-state index is 0.000160. The smallest absolute Gasteiger partial charge is 0.232 e. The summed E-state index contributed by atoms with van der Waals surface area (Å²) in [5, 5.41) is 3.10. The van der Waals surface area contributed by atoms with Crippen molar-refractivity contribution < 1.29 is 8.95 Å². The lowest BCUT2D eigenvalue weighted by molar-refractivity contribution is 0.122. The molecule has 0 aliphatic carbocycles. The van der Waals surface area contributed by atoms with E-state index in [1.807, 2.05) is 11.8 Å². The van der Waals surface area contributed by atoms with Gasteiger partial charge in [0.05, 0.1) is 13.2 Å². The Morgan fingerprint density at radius 3 is 2.75 bits per heavy atom. The van der Waals surface area contributed by atoms with Gasteiger partial charge in [-0.25, -0.2) is 0 Å². The molecule has 3 N–H and O–H groups in total. The summed E-state index contributed by atoms with van der Waals surface area (Å²) < 4.78 is 16.5. The summed E-state index contributed by atoms with van der Waals surface area (Å²) in [4.78, 5) is 14.6. The van der Waals surface area contributed by atoms with Crippen LogP contribution in [0, 0.1) is 0 Å². The number of rotatable bonds is 5. The second kappa shape index (κ2) is 6.80. The first kappa shape index (κ1) is 14.9. The van der Waals surface area contributed by atoms with E-state index in [1.165, 1.54) is 0 Å². The Balaban J connectivity index is 2.09. The maximum absolute atomic E-state index is 11.2. The van der Waals surface area contributed by atoms with Crippen LogP contribution in [0.2, 0.25) is 0 Å². The molecule has 0 bridgehead atoms. The zero-order valence-electron chi connectivity index (χ0n) is 11.7. The standard InChI is InChI=1S/C11H20N6O2S/c1-8(7-20(2)18)13-10-14-9(12)15-11(16-10)17-3-5-19-6-4-17/h8H,3-7H2,1-2H3,(H3,12,13,14,15,16). The van der Waals surface area contributed by atoms with Gasteiger partial charge >= 0.3 is 0 Å². The first-order valence-electron chi connectivity index (χ1n) is 6.45. The summed E-state index contributed by atoms with van der Waals surface area (Å²) in [5.74, 6) is 1.66. The average Bonchev–Trinajstić information content (AvgIpc) is 2.38. The summed E-state index contributed by atoms with van der Waals surface area (Å²) >= 11 is 0. The van der Waals surface area contributed by atoms with Gasteiger partial charge in [0, 0.05) is 41.9 Å². The topological polar surface area (TPSA) is 106 Å². The van der Waals surface area contributed by atoms with Gasteiger partial charge in [0.1, 0.15) is 0 Å². The van der Waals surface area contributed by atoms with Crippen LogP contribution in [0.4, 0.5) is 17.8 Å². The molecule has 1 aliphatic heterocycles. The second-order valence-corrected chi connectivity index (χ2v) is 6.18. The van der Waals surface area contributed by atoms with Gasteiger partial charge < -0.3 is 20.7 Å². The van der Waals surface area contributed by atoms with Gasteiger partial charge in [-0.2, -0.15) is 15.0 Å². The van der Waals surface area contributed by atoms with E-state index in [1.54, 1.807) is 6.26 Å². The Kier molecular flexibility index (Phi) is 5.07. The average molecular weight is 300 g/mol. The molecule has 112 valence electrons. The molecule has 1 aliphatic rings. The highest BCUT2D eigenvalue weighted by molar-refractivity contribution is 7.84. The van der Waals surface area contributed by atoms with Crippen molar-refractivity contribution in [1.29, 1.82) is 0 Å². The summed E-state index contributed by atoms with van der Waals surface area (Å²) in [6.45, 7) is 4.70. The number of nitrogens with one attached hydrogen (secondary N) is 1. The maximum atomic E-state index is 11.2. The molecule has 0 aromatic carbocycles. The fourth-order valence-electron chi connectivity index (χ4n) is 1.96. The fourth-order valence-corrected chi connectivity index (χ4v) is 2.75. The van der Waals surface area contributed by atoms with Crippen LogP contribution in [-0.2, 0) is 15.5 Å². The molecule has 0 radical (unpaired) electrons. The van der Waals surface area contributed by atoms with Gasteiger partial charge in [-0.3, -0.25) is 4.21 Å². The summed E-state index contributed by atoms with van der Waals surface area (Å²) in [5.41, 5.74) is 5.72. The maximum Gasteiger partial charge on any atom is 0.232 e. The van der Waals surface area contributed by atoms with Crippen LogP contribution >= 0.6 is 0 Å². The Hall–Kier alpha value is -1.48. The van der Waals surface area contributed by atoms with E-state index in [0.29, 0.717) is 30.9 Å². The highest BCUT2D eigenvalue weighted by Gasteiger charge is 2.16. The third-order valence-electron chi connectivity index (χ3n) is 2.80. The predicted molar refractivity (Wildman–Crippen MR) is 79.3 cm³/mol. The molecule has 0 amide bonds. The van der Waals surface area contributed by atoms with E-state index in [9.17, 15) is 4.21 Å². The molecule has 1 saturated heterocycles. The minimum atomic E-state index is -0.876. The van der Waals surface area contributed by atoms with Crippen molar-refractivity contribution in [2.75, 3.05) is 54.3 Å². The summed E-state index contributed by atoms with van der Waals surface area (Å²) in [7, 11) is -0.876. The molecule has 2 heterocycles. The highest BCUT2D eigenvalue weighted by Crippen LogP contribution is 2.14. The molecule has 1 aromatic heterocycles. The van der Waals surface area contributed by atoms with E-state index in [0.717, 1.165) is 13.1 Å². The van der Waals surface area contributed by atoms with Crippen molar-refractivity contribution in [3.63, 3.8) is 0 Å². The number of nitrogens with two attached hydrogens (primary N) is 1. The summed E-state index contributed by atoms with van der Waals surface area (Å²) in [6, 6.07) is 0.000160. The Morgan fingerprint density at radius 2 is 2.10 bits per heavy atom. The quantitative estimate of drug-likeness (QED) is 0.747. The zero-order chi connectivity index (χ0) is 14.5. The number of morpholine rings is 1. The van der Waals surface area contributed by atoms with Crippen molar-refractivity contribution in [2.24, 2.45) is 0 Å². The van der Waals surface area contributed by atoms with Crippen molar-refractivity contribution in [3.8, 4) is 0 Å². The molecular formula is C11H20N6O2S. The van der Waals surface area contributed by atoms with Crippen LogP contribution < -0.4 is 16.0 Å². The largest absolute Gasteiger partial charge is 0.378 e. The van der Waals surface area contributed by atoms with E-state index in [4.69, 9.17) is 10.5 Å². The van der Waals surface area contributed by atoms with Crippen LogP contribution in [0.25, 0.3) is 0 Å². The third kappa shape index (κ3) is 4.27. The summed E-state index contributed by atoms with van der Waals surface area (Å²) in [6.07, 6.45) is 1.67. The van der Waals surface area contributed by atoms with Crippen LogP contribution in [0.5, 0.6) is 0 Å². The molecule has 1 aromatic rings. The highest BCUT2D eigenvalue weighted by atomic mass is 32.2. The fraction of sp³-hybridized carbons (Fsp3) is 0.727. The van der Waals surface area contributed by atoms with Crippen molar-refractivity contribution >= 4 is 28.6 Å². The number of hydrogen-bond acceptors (Lipinski definition) is 8. The molecule has 0 saturated carbocycles. The van der Waals surface area contributed by atoms with Crippen LogP contribution in [-0.4, -0.2) is 63.5 Å². The minimum Gasteiger partial charge on any atom is -0.378 e. The number of hydrogen-bond donors (Lipinski definition) is 2. The first-order valence-corrected chi connectivity index (χ1v) is 8.18. The van der Waals surface area contributed by atoms with E-state index >= 15 is 0 Å². The number of anilines is 3. The van der Waals surface area contributed by atoms with Crippen LogP contribution in [0.15, 0.2) is 0 Å². The van der Waals surface area contributed by atoms with Gasteiger partial charge in [0.15, 0.2) is 0 Å². The molecule has 2 rings (SSSR count). The van der Waals surface area contributed by atoms with Gasteiger partial charge in [0.25, 0.3) is 0 Å². The molecule has 1 fully saturated rings. The number of aromatic nitrogens is 3. The van der Waals surface area contributed by atoms with Gasteiger partial charge in [-0.05, 0) is 6.92 Å². The Morgan fingerprint density at radius 1 is 1.40 bits per heavy atom. The zero-order valence-corrected chi connectivity index (χ0v) is 12.5. The van der Waals surface area contributed by atoms with E-state index in [2.05, 4.69) is 20.3 Å². The monoisotopic (exact) mass is 300 g/mol. The number of ether oxygens (including phenoxy) is 1. The lowest BCUT2D eigenvalue weighted by Crippen LogP contribution is -2.37. The molecular weight excluding hydrogens is 280 g/mol. The van der Waals surface area contributed by atoms with E-state index in [-0.39, 0.29) is 12.0 Å². The third-order valence-corrected chi connectivity index (χ3v) is 3.76. The van der Waals surface area contributed by atoms with Crippen molar-refractivity contribution in [2.45, 2.75) is 13.0 Å². The van der Waals surface area contributed by atoms with Crippen molar-refractivity contribution in [1.82, 2.24) is 15.0 Å². The SMILES string of the molecule is CC(CS(C)=O)Nc1nc(N)nc(N2CCOCC2)n1. The lowest BCUT2D eigenvalue weighted by Gasteiger charge is -2.27. The predicted octanol–water partition coefficient (Wildman–Crippen LogP) is -0.531. The molecule has 20 heavy (non-hydrogen) atoms. The Labute approximate surface area is 120 Å².